The highest BCUT2D eigenvalue weighted by molar-refractivity contribution is 7.89. The van der Waals surface area contributed by atoms with E-state index in [0.29, 0.717) is 5.02 Å². The number of nitrogens with zero attached hydrogens (tertiary/aromatic N) is 2. The largest absolute Gasteiger partial charge is 0.351 e. The number of sulfonamides is 1. The first kappa shape index (κ1) is 19.8. The van der Waals surface area contributed by atoms with Gasteiger partial charge in [0.15, 0.2) is 0 Å². The van der Waals surface area contributed by atoms with E-state index in [4.69, 9.17) is 11.6 Å². The maximum Gasteiger partial charge on any atom is 0.270 e. The van der Waals surface area contributed by atoms with Gasteiger partial charge in [0.25, 0.3) is 5.69 Å². The number of rotatable bonds is 7. The molecule has 0 aromatic heterocycles. The number of hydrogen-bond donors (Lipinski definition) is 1. The molecule has 0 aliphatic rings. The van der Waals surface area contributed by atoms with E-state index >= 15 is 0 Å². The molecule has 0 spiro atoms. The van der Waals surface area contributed by atoms with E-state index in [1.807, 2.05) is 0 Å². The molecule has 0 saturated heterocycles. The maximum absolute atomic E-state index is 12.5. The van der Waals surface area contributed by atoms with Crippen molar-refractivity contribution in [3.63, 3.8) is 0 Å². The van der Waals surface area contributed by atoms with E-state index in [9.17, 15) is 23.3 Å². The van der Waals surface area contributed by atoms with Crippen LogP contribution in [-0.2, 0) is 21.4 Å². The molecule has 0 atom stereocenters. The van der Waals surface area contributed by atoms with Crippen molar-refractivity contribution < 1.29 is 18.1 Å². The second-order valence-corrected chi connectivity index (χ2v) is 7.90. The minimum atomic E-state index is -4.03. The number of nitro benzene ring substituents is 1. The average molecular weight is 398 g/mol. The molecule has 0 bridgehead atoms. The minimum Gasteiger partial charge on any atom is -0.351 e. The van der Waals surface area contributed by atoms with Crippen LogP contribution >= 0.6 is 11.6 Å². The van der Waals surface area contributed by atoms with Crippen LogP contribution in [0, 0.1) is 10.1 Å². The van der Waals surface area contributed by atoms with Crippen molar-refractivity contribution in [1.29, 1.82) is 0 Å². The minimum absolute atomic E-state index is 0.199. The lowest BCUT2D eigenvalue weighted by atomic mass is 10.2. The molecule has 10 heteroatoms. The Bertz CT molecular complexity index is 933. The fourth-order valence-electron chi connectivity index (χ4n) is 2.13. The van der Waals surface area contributed by atoms with Crippen LogP contribution in [0.25, 0.3) is 0 Å². The maximum atomic E-state index is 12.5. The highest BCUT2D eigenvalue weighted by Crippen LogP contribution is 2.20. The summed E-state index contributed by atoms with van der Waals surface area (Å²) in [6.07, 6.45) is 0. The van der Waals surface area contributed by atoms with Crippen molar-refractivity contribution in [2.45, 2.75) is 11.4 Å². The molecule has 0 aliphatic carbocycles. The number of non-ortho nitro benzene ring substituents is 1. The molecule has 2 aromatic rings. The zero-order valence-corrected chi connectivity index (χ0v) is 15.3. The van der Waals surface area contributed by atoms with Gasteiger partial charge in [0.1, 0.15) is 0 Å². The van der Waals surface area contributed by atoms with Crippen molar-refractivity contribution >= 4 is 33.2 Å². The fourth-order valence-corrected chi connectivity index (χ4v) is 3.51. The number of hydrogen-bond acceptors (Lipinski definition) is 5. The van der Waals surface area contributed by atoms with Crippen LogP contribution in [0.15, 0.2) is 53.4 Å². The third kappa shape index (κ3) is 5.01. The van der Waals surface area contributed by atoms with Crippen LogP contribution in [0.5, 0.6) is 0 Å². The molecule has 0 fully saturated rings. The van der Waals surface area contributed by atoms with E-state index < -0.39 is 27.4 Å². The molecule has 1 N–H and O–H groups in total. The number of carbonyl (C=O) groups excluding carboxylic acids is 1. The van der Waals surface area contributed by atoms with Gasteiger partial charge in [-0.05, 0) is 23.8 Å². The Morgan fingerprint density at radius 1 is 1.23 bits per heavy atom. The first-order valence-corrected chi connectivity index (χ1v) is 9.24. The Labute approximate surface area is 155 Å². The summed E-state index contributed by atoms with van der Waals surface area (Å²) in [5.41, 5.74) is 0.430. The Kier molecular flexibility index (Phi) is 6.30. The van der Waals surface area contributed by atoms with Gasteiger partial charge in [0.2, 0.25) is 15.9 Å². The number of likely N-dealkylation sites (N-methyl/N-ethyl adjacent to an activating group) is 1. The van der Waals surface area contributed by atoms with Gasteiger partial charge in [0, 0.05) is 30.7 Å². The highest BCUT2D eigenvalue weighted by atomic mass is 35.5. The van der Waals surface area contributed by atoms with Crippen LogP contribution in [0.4, 0.5) is 5.69 Å². The van der Waals surface area contributed by atoms with Gasteiger partial charge in [-0.3, -0.25) is 14.9 Å². The summed E-state index contributed by atoms with van der Waals surface area (Å²) in [6, 6.07) is 11.6. The fraction of sp³-hybridized carbons (Fsp3) is 0.188. The summed E-state index contributed by atoms with van der Waals surface area (Å²) >= 11 is 5.86. The van der Waals surface area contributed by atoms with Crippen LogP contribution in [0.3, 0.4) is 0 Å². The zero-order chi connectivity index (χ0) is 19.3. The number of nitrogens with one attached hydrogen (secondary N) is 1. The highest BCUT2D eigenvalue weighted by Gasteiger charge is 2.24. The topological polar surface area (TPSA) is 110 Å². The summed E-state index contributed by atoms with van der Waals surface area (Å²) in [5.74, 6) is -0.513. The van der Waals surface area contributed by atoms with Gasteiger partial charge >= 0.3 is 0 Å². The predicted octanol–water partition coefficient (Wildman–Crippen LogP) is 2.19. The molecule has 1 amide bonds. The summed E-state index contributed by atoms with van der Waals surface area (Å²) in [6.45, 7) is -0.227. The number of amides is 1. The molecule has 0 radical (unpaired) electrons. The predicted molar refractivity (Wildman–Crippen MR) is 96.2 cm³/mol. The van der Waals surface area contributed by atoms with Crippen LogP contribution in [-0.4, -0.2) is 37.1 Å². The third-order valence-corrected chi connectivity index (χ3v) is 5.52. The molecule has 0 aliphatic heterocycles. The van der Waals surface area contributed by atoms with Crippen molar-refractivity contribution in [3.8, 4) is 0 Å². The second-order valence-electron chi connectivity index (χ2n) is 5.42. The second kappa shape index (κ2) is 8.26. The van der Waals surface area contributed by atoms with Gasteiger partial charge in [-0.15, -0.1) is 0 Å². The standard InChI is InChI=1S/C16H16ClN3O5S/c1-19(11-16(21)18-10-12-4-2-5-13(17)8-12)26(24,25)15-7-3-6-14(9-15)20(22)23/h2-9H,10-11H2,1H3,(H,18,21). The number of benzene rings is 2. The molecular formula is C16H16ClN3O5S. The summed E-state index contributed by atoms with van der Waals surface area (Å²) in [7, 11) is -2.80. The van der Waals surface area contributed by atoms with Gasteiger partial charge in [-0.2, -0.15) is 4.31 Å². The monoisotopic (exact) mass is 397 g/mol. The van der Waals surface area contributed by atoms with Gasteiger partial charge in [0.05, 0.1) is 16.4 Å². The molecule has 2 rings (SSSR count). The van der Waals surface area contributed by atoms with E-state index in [-0.39, 0.29) is 17.1 Å². The smallest absolute Gasteiger partial charge is 0.270 e. The zero-order valence-electron chi connectivity index (χ0n) is 13.8. The van der Waals surface area contributed by atoms with Crippen LogP contribution in [0.1, 0.15) is 5.56 Å². The number of nitro groups is 1. The first-order chi connectivity index (χ1) is 12.2. The van der Waals surface area contributed by atoms with Crippen LogP contribution < -0.4 is 5.32 Å². The summed E-state index contributed by atoms with van der Waals surface area (Å²) in [4.78, 5) is 21.9. The Hall–Kier alpha value is -2.49. The molecule has 138 valence electrons. The molecular weight excluding hydrogens is 382 g/mol. The Morgan fingerprint density at radius 3 is 2.58 bits per heavy atom. The van der Waals surface area contributed by atoms with Gasteiger partial charge in [-0.1, -0.05) is 29.8 Å². The lowest BCUT2D eigenvalue weighted by Crippen LogP contribution is -2.38. The molecule has 0 saturated carbocycles. The first-order valence-electron chi connectivity index (χ1n) is 7.42. The SMILES string of the molecule is CN(CC(=O)NCc1cccc(Cl)c1)S(=O)(=O)c1cccc([N+](=O)[O-])c1. The van der Waals surface area contributed by atoms with E-state index in [0.717, 1.165) is 15.9 Å². The number of carbonyl (C=O) groups is 1. The lowest BCUT2D eigenvalue weighted by molar-refractivity contribution is -0.385. The molecule has 26 heavy (non-hydrogen) atoms. The molecule has 2 aromatic carbocycles. The van der Waals surface area contributed by atoms with E-state index in [2.05, 4.69) is 5.32 Å². The van der Waals surface area contributed by atoms with Crippen molar-refractivity contribution in [2.75, 3.05) is 13.6 Å². The lowest BCUT2D eigenvalue weighted by Gasteiger charge is -2.17. The summed E-state index contributed by atoms with van der Waals surface area (Å²) < 4.78 is 25.8. The Balaban J connectivity index is 2.03. The Morgan fingerprint density at radius 2 is 1.92 bits per heavy atom. The molecule has 0 unspecified atom stereocenters. The van der Waals surface area contributed by atoms with Crippen LogP contribution in [0.2, 0.25) is 5.02 Å². The normalized spacial score (nSPS) is 11.3. The van der Waals surface area contributed by atoms with Crippen molar-refractivity contribution in [1.82, 2.24) is 9.62 Å². The molecule has 8 nitrogen and oxygen atoms in total. The van der Waals surface area contributed by atoms with Crippen molar-refractivity contribution in [2.24, 2.45) is 0 Å². The van der Waals surface area contributed by atoms with Gasteiger partial charge < -0.3 is 5.32 Å². The quantitative estimate of drug-likeness (QED) is 0.568. The molecule has 0 heterocycles. The van der Waals surface area contributed by atoms with Crippen molar-refractivity contribution in [3.05, 3.63) is 69.2 Å². The average Bonchev–Trinajstić information content (AvgIpc) is 2.60. The van der Waals surface area contributed by atoms with Gasteiger partial charge in [-0.25, -0.2) is 8.42 Å². The van der Waals surface area contributed by atoms with E-state index in [1.54, 1.807) is 24.3 Å². The third-order valence-electron chi connectivity index (χ3n) is 3.48. The van der Waals surface area contributed by atoms with E-state index in [1.165, 1.54) is 25.2 Å². The number of halogens is 1. The summed E-state index contributed by atoms with van der Waals surface area (Å²) in [5, 5.41) is 13.9.